The van der Waals surface area contributed by atoms with Crippen LogP contribution in [0.25, 0.3) is 0 Å². The monoisotopic (exact) mass is 317 g/mol. The van der Waals surface area contributed by atoms with Crippen LogP contribution in [0, 0.1) is 0 Å². The lowest BCUT2D eigenvalue weighted by Crippen LogP contribution is -2.30. The van der Waals surface area contributed by atoms with E-state index in [1.54, 1.807) is 14.0 Å². The molecule has 0 radical (unpaired) electrons. The van der Waals surface area contributed by atoms with Gasteiger partial charge in [0.2, 0.25) is 10.0 Å². The van der Waals surface area contributed by atoms with Gasteiger partial charge in [0, 0.05) is 26.8 Å². The van der Waals surface area contributed by atoms with Gasteiger partial charge in [-0.3, -0.25) is 9.59 Å². The number of primary sulfonamides is 1. The predicted octanol–water partition coefficient (Wildman–Crippen LogP) is -0.302. The van der Waals surface area contributed by atoms with E-state index in [2.05, 4.69) is 0 Å². The van der Waals surface area contributed by atoms with Crippen LogP contribution in [0.4, 0.5) is 0 Å². The molecule has 0 bridgehead atoms. The smallest absolute Gasteiger partial charge is 0.307 e. The van der Waals surface area contributed by atoms with Crippen molar-refractivity contribution in [2.45, 2.75) is 18.2 Å². The molecular weight excluding hydrogens is 298 g/mol. The maximum absolute atomic E-state index is 12.2. The van der Waals surface area contributed by atoms with Gasteiger partial charge in [-0.2, -0.15) is 0 Å². The second kappa shape index (κ2) is 6.72. The molecule has 9 heteroatoms. The van der Waals surface area contributed by atoms with E-state index < -0.39 is 21.9 Å². The summed E-state index contributed by atoms with van der Waals surface area (Å²) in [5, 5.41) is 5.02. The highest BCUT2D eigenvalue weighted by molar-refractivity contribution is 7.89. The zero-order chi connectivity index (χ0) is 16.2. The molecule has 21 heavy (non-hydrogen) atoms. The predicted molar refractivity (Wildman–Crippen MR) is 75.0 cm³/mol. The van der Waals surface area contributed by atoms with Crippen molar-refractivity contribution in [3.05, 3.63) is 18.0 Å². The van der Waals surface area contributed by atoms with Crippen molar-refractivity contribution < 1.29 is 22.7 Å². The average molecular weight is 317 g/mol. The first-order valence-corrected chi connectivity index (χ1v) is 7.81. The van der Waals surface area contributed by atoms with Crippen molar-refractivity contribution in [1.29, 1.82) is 0 Å². The molecule has 118 valence electrons. The number of nitrogens with two attached hydrogens (primary N) is 1. The van der Waals surface area contributed by atoms with Crippen LogP contribution >= 0.6 is 0 Å². The minimum atomic E-state index is -3.86. The topological polar surface area (TPSA) is 112 Å². The van der Waals surface area contributed by atoms with Crippen molar-refractivity contribution in [3.8, 4) is 0 Å². The Morgan fingerprint density at radius 2 is 2.05 bits per heavy atom. The summed E-state index contributed by atoms with van der Waals surface area (Å²) in [5.74, 6) is -0.800. The van der Waals surface area contributed by atoms with E-state index in [1.807, 2.05) is 0 Å². The van der Waals surface area contributed by atoms with E-state index in [1.165, 1.54) is 28.8 Å². The Labute approximate surface area is 123 Å². The van der Waals surface area contributed by atoms with Gasteiger partial charge in [0.25, 0.3) is 5.91 Å². The molecule has 1 aromatic heterocycles. The van der Waals surface area contributed by atoms with Crippen molar-refractivity contribution in [2.24, 2.45) is 12.2 Å². The molecule has 0 saturated heterocycles. The highest BCUT2D eigenvalue weighted by atomic mass is 32.2. The quantitative estimate of drug-likeness (QED) is 0.724. The lowest BCUT2D eigenvalue weighted by atomic mass is 10.3. The van der Waals surface area contributed by atoms with Crippen LogP contribution in [0.5, 0.6) is 0 Å². The summed E-state index contributed by atoms with van der Waals surface area (Å²) < 4.78 is 28.7. The number of sulfonamides is 1. The van der Waals surface area contributed by atoms with E-state index >= 15 is 0 Å². The molecule has 2 N–H and O–H groups in total. The first-order valence-electron chi connectivity index (χ1n) is 6.27. The summed E-state index contributed by atoms with van der Waals surface area (Å²) in [4.78, 5) is 24.6. The Hall–Kier alpha value is -1.87. The van der Waals surface area contributed by atoms with Gasteiger partial charge in [0.05, 0.1) is 13.0 Å². The summed E-state index contributed by atoms with van der Waals surface area (Å²) >= 11 is 0. The fourth-order valence-electron chi connectivity index (χ4n) is 1.69. The molecule has 0 atom stereocenters. The number of aryl methyl sites for hydroxylation is 1. The van der Waals surface area contributed by atoms with Crippen LogP contribution in [0.3, 0.4) is 0 Å². The molecule has 1 amide bonds. The maximum atomic E-state index is 12.2. The number of hydrogen-bond acceptors (Lipinski definition) is 5. The van der Waals surface area contributed by atoms with Crippen molar-refractivity contribution in [1.82, 2.24) is 9.47 Å². The molecular formula is C12H19N3O5S. The van der Waals surface area contributed by atoms with E-state index in [0.717, 1.165) is 0 Å². The third-order valence-corrected chi connectivity index (χ3v) is 3.71. The highest BCUT2D eigenvalue weighted by Crippen LogP contribution is 2.13. The molecule has 0 fully saturated rings. The summed E-state index contributed by atoms with van der Waals surface area (Å²) in [7, 11) is -0.801. The normalized spacial score (nSPS) is 11.2. The number of nitrogens with zero attached hydrogens (tertiary/aromatic N) is 2. The second-order valence-electron chi connectivity index (χ2n) is 4.50. The lowest BCUT2D eigenvalue weighted by molar-refractivity contribution is -0.143. The molecule has 8 nitrogen and oxygen atoms in total. The Morgan fingerprint density at radius 3 is 2.52 bits per heavy atom. The molecule has 0 saturated carbocycles. The van der Waals surface area contributed by atoms with Crippen molar-refractivity contribution in [3.63, 3.8) is 0 Å². The fraction of sp³-hybridized carbons (Fsp3) is 0.500. The molecule has 0 aromatic carbocycles. The van der Waals surface area contributed by atoms with Gasteiger partial charge in [0.15, 0.2) is 0 Å². The third-order valence-electron chi connectivity index (χ3n) is 2.83. The van der Waals surface area contributed by atoms with Crippen molar-refractivity contribution >= 4 is 21.9 Å². The molecule has 1 rings (SSSR count). The Bertz CT molecular complexity index is 635. The zero-order valence-corrected chi connectivity index (χ0v) is 13.0. The summed E-state index contributed by atoms with van der Waals surface area (Å²) in [6, 6.07) is 1.21. The number of rotatable bonds is 6. The third kappa shape index (κ3) is 4.57. The van der Waals surface area contributed by atoms with Crippen LogP contribution in [-0.2, 0) is 26.6 Å². The van der Waals surface area contributed by atoms with Gasteiger partial charge in [0.1, 0.15) is 10.6 Å². The fourth-order valence-corrected chi connectivity index (χ4v) is 2.27. The average Bonchev–Trinajstić information content (AvgIpc) is 2.77. The van der Waals surface area contributed by atoms with E-state index in [0.29, 0.717) is 0 Å². The minimum Gasteiger partial charge on any atom is -0.466 e. The Morgan fingerprint density at radius 1 is 1.43 bits per heavy atom. The molecule has 0 unspecified atom stereocenters. The van der Waals surface area contributed by atoms with Gasteiger partial charge >= 0.3 is 5.97 Å². The number of ether oxygens (including phenoxy) is 1. The maximum Gasteiger partial charge on any atom is 0.307 e. The standard InChI is InChI=1S/C12H19N3O5S/c1-4-20-11(16)5-6-14(2)12(17)10-7-9(8-15(10)3)21(13,18)19/h7-8H,4-6H2,1-3H3,(H2,13,18,19). The molecule has 1 heterocycles. The lowest BCUT2D eigenvalue weighted by Gasteiger charge is -2.16. The first kappa shape index (κ1) is 17.2. The van der Waals surface area contributed by atoms with Gasteiger partial charge in [-0.15, -0.1) is 0 Å². The minimum absolute atomic E-state index is 0.0720. The SMILES string of the molecule is CCOC(=O)CCN(C)C(=O)c1cc(S(N)(=O)=O)cn1C. The van der Waals surface area contributed by atoms with E-state index in [9.17, 15) is 18.0 Å². The largest absolute Gasteiger partial charge is 0.466 e. The van der Waals surface area contributed by atoms with Gasteiger partial charge in [-0.1, -0.05) is 0 Å². The first-order chi connectivity index (χ1) is 9.66. The van der Waals surface area contributed by atoms with Crippen LogP contribution in [-0.4, -0.2) is 50.0 Å². The molecule has 1 aromatic rings. The number of esters is 1. The zero-order valence-electron chi connectivity index (χ0n) is 12.2. The van der Waals surface area contributed by atoms with Gasteiger partial charge < -0.3 is 14.2 Å². The molecule has 0 spiro atoms. The van der Waals surface area contributed by atoms with Gasteiger partial charge in [-0.25, -0.2) is 13.6 Å². The Balaban J connectivity index is 2.79. The number of hydrogen-bond donors (Lipinski definition) is 1. The van der Waals surface area contributed by atoms with Crippen LogP contribution in [0.2, 0.25) is 0 Å². The summed E-state index contributed by atoms with van der Waals surface area (Å²) in [5.41, 5.74) is 0.172. The Kier molecular flexibility index (Phi) is 5.50. The molecule has 0 aliphatic carbocycles. The number of carbonyl (C=O) groups excluding carboxylic acids is 2. The van der Waals surface area contributed by atoms with Crippen molar-refractivity contribution in [2.75, 3.05) is 20.2 Å². The van der Waals surface area contributed by atoms with Gasteiger partial charge in [-0.05, 0) is 13.0 Å². The second-order valence-corrected chi connectivity index (χ2v) is 6.06. The number of carbonyl (C=O) groups is 2. The highest BCUT2D eigenvalue weighted by Gasteiger charge is 2.20. The summed E-state index contributed by atoms with van der Waals surface area (Å²) in [6.07, 6.45) is 1.34. The van der Waals surface area contributed by atoms with Crippen LogP contribution < -0.4 is 5.14 Å². The number of amides is 1. The molecule has 0 aliphatic heterocycles. The van der Waals surface area contributed by atoms with Crippen LogP contribution in [0.1, 0.15) is 23.8 Å². The summed E-state index contributed by atoms with van der Waals surface area (Å²) in [6.45, 7) is 2.16. The molecule has 0 aliphatic rings. The van der Waals surface area contributed by atoms with Crippen LogP contribution in [0.15, 0.2) is 17.2 Å². The van der Waals surface area contributed by atoms with E-state index in [-0.39, 0.29) is 30.2 Å². The number of aromatic nitrogens is 1. The van der Waals surface area contributed by atoms with E-state index in [4.69, 9.17) is 9.88 Å².